The minimum absolute atomic E-state index is 0.129. The Labute approximate surface area is 119 Å². The second-order valence-corrected chi connectivity index (χ2v) is 6.00. The SMILES string of the molecule is CC1(C)[C@H](C(=O)O)[C@@H]1C(=O)NCCCc1ccccc1. The van der Waals surface area contributed by atoms with Crippen molar-refractivity contribution < 1.29 is 14.7 Å². The maximum Gasteiger partial charge on any atom is 0.307 e. The Bertz CT molecular complexity index is 496. The highest BCUT2D eigenvalue weighted by Crippen LogP contribution is 2.58. The average molecular weight is 275 g/mol. The van der Waals surface area contributed by atoms with E-state index in [-0.39, 0.29) is 5.91 Å². The number of rotatable bonds is 6. The fraction of sp³-hybridized carbons (Fsp3) is 0.500. The van der Waals surface area contributed by atoms with Crippen LogP contribution in [0.4, 0.5) is 0 Å². The van der Waals surface area contributed by atoms with E-state index in [0.29, 0.717) is 6.54 Å². The van der Waals surface area contributed by atoms with Crippen LogP contribution in [0.5, 0.6) is 0 Å². The van der Waals surface area contributed by atoms with E-state index >= 15 is 0 Å². The topological polar surface area (TPSA) is 66.4 Å². The molecule has 1 aromatic rings. The third-order valence-corrected chi connectivity index (χ3v) is 4.16. The van der Waals surface area contributed by atoms with Gasteiger partial charge in [0.1, 0.15) is 0 Å². The van der Waals surface area contributed by atoms with Gasteiger partial charge in [-0.3, -0.25) is 9.59 Å². The number of benzene rings is 1. The smallest absolute Gasteiger partial charge is 0.307 e. The largest absolute Gasteiger partial charge is 0.481 e. The second kappa shape index (κ2) is 5.65. The van der Waals surface area contributed by atoms with E-state index in [9.17, 15) is 9.59 Å². The van der Waals surface area contributed by atoms with Crippen LogP contribution < -0.4 is 5.32 Å². The van der Waals surface area contributed by atoms with Crippen LogP contribution in [0.1, 0.15) is 25.8 Å². The molecule has 1 aromatic carbocycles. The summed E-state index contributed by atoms with van der Waals surface area (Å²) in [4.78, 5) is 23.0. The maximum atomic E-state index is 12.0. The van der Waals surface area contributed by atoms with Gasteiger partial charge in [-0.25, -0.2) is 0 Å². The first kappa shape index (κ1) is 14.6. The summed E-state index contributed by atoms with van der Waals surface area (Å²) in [6.45, 7) is 4.26. The van der Waals surface area contributed by atoms with Gasteiger partial charge in [-0.05, 0) is 23.8 Å². The van der Waals surface area contributed by atoms with Crippen LogP contribution in [0.15, 0.2) is 30.3 Å². The lowest BCUT2D eigenvalue weighted by atomic mass is 10.1. The minimum atomic E-state index is -0.876. The van der Waals surface area contributed by atoms with Gasteiger partial charge in [-0.1, -0.05) is 44.2 Å². The molecule has 2 atom stereocenters. The van der Waals surface area contributed by atoms with Gasteiger partial charge < -0.3 is 10.4 Å². The number of aliphatic carboxylic acids is 1. The summed E-state index contributed by atoms with van der Waals surface area (Å²) in [7, 11) is 0. The lowest BCUT2D eigenvalue weighted by Gasteiger charge is -2.06. The molecular weight excluding hydrogens is 254 g/mol. The van der Waals surface area contributed by atoms with E-state index in [1.54, 1.807) is 0 Å². The standard InChI is InChI=1S/C16H21NO3/c1-16(2)12(13(16)15(19)20)14(18)17-10-6-9-11-7-4-3-5-8-11/h3-5,7-8,12-13H,6,9-10H2,1-2H3,(H,17,18)(H,19,20)/t12-,13+/m1/s1. The van der Waals surface area contributed by atoms with Crippen molar-refractivity contribution in [3.05, 3.63) is 35.9 Å². The summed E-state index contributed by atoms with van der Waals surface area (Å²) >= 11 is 0. The number of carbonyl (C=O) groups excluding carboxylic acids is 1. The lowest BCUT2D eigenvalue weighted by Crippen LogP contribution is -2.28. The predicted octanol–water partition coefficient (Wildman–Crippen LogP) is 2.09. The van der Waals surface area contributed by atoms with Gasteiger partial charge in [0, 0.05) is 6.54 Å². The molecular formula is C16H21NO3. The van der Waals surface area contributed by atoms with Crippen LogP contribution in [-0.2, 0) is 16.0 Å². The summed E-state index contributed by atoms with van der Waals surface area (Å²) < 4.78 is 0. The van der Waals surface area contributed by atoms with Gasteiger partial charge >= 0.3 is 5.97 Å². The fourth-order valence-corrected chi connectivity index (χ4v) is 2.85. The Kier molecular flexibility index (Phi) is 4.12. The summed E-state index contributed by atoms with van der Waals surface area (Å²) in [6, 6.07) is 10.1. The molecule has 2 rings (SSSR count). The number of hydrogen-bond donors (Lipinski definition) is 2. The summed E-state index contributed by atoms with van der Waals surface area (Å²) in [5, 5.41) is 11.9. The molecule has 0 radical (unpaired) electrons. The number of carboxylic acids is 1. The molecule has 1 saturated carbocycles. The molecule has 108 valence electrons. The quantitative estimate of drug-likeness (QED) is 0.781. The van der Waals surface area contributed by atoms with Crippen molar-refractivity contribution in [3.8, 4) is 0 Å². The van der Waals surface area contributed by atoms with Gasteiger partial charge in [-0.2, -0.15) is 0 Å². The monoisotopic (exact) mass is 275 g/mol. The summed E-state index contributed by atoms with van der Waals surface area (Å²) in [6.07, 6.45) is 1.78. The molecule has 2 N–H and O–H groups in total. The molecule has 0 unspecified atom stereocenters. The highest BCUT2D eigenvalue weighted by atomic mass is 16.4. The van der Waals surface area contributed by atoms with E-state index in [0.717, 1.165) is 12.8 Å². The molecule has 4 nitrogen and oxygen atoms in total. The first-order valence-electron chi connectivity index (χ1n) is 6.99. The molecule has 0 aliphatic heterocycles. The predicted molar refractivity (Wildman–Crippen MR) is 76.2 cm³/mol. The van der Waals surface area contributed by atoms with Gasteiger partial charge in [0.15, 0.2) is 0 Å². The first-order chi connectivity index (χ1) is 9.44. The zero-order chi connectivity index (χ0) is 14.8. The molecule has 1 fully saturated rings. The average Bonchev–Trinajstić information content (AvgIpc) is 2.99. The Morgan fingerprint density at radius 2 is 1.85 bits per heavy atom. The van der Waals surface area contributed by atoms with Crippen LogP contribution in [0.25, 0.3) is 0 Å². The van der Waals surface area contributed by atoms with E-state index in [4.69, 9.17) is 5.11 Å². The zero-order valence-electron chi connectivity index (χ0n) is 11.9. The maximum absolute atomic E-state index is 12.0. The van der Waals surface area contributed by atoms with Crippen LogP contribution in [0.3, 0.4) is 0 Å². The van der Waals surface area contributed by atoms with E-state index in [1.807, 2.05) is 32.0 Å². The summed E-state index contributed by atoms with van der Waals surface area (Å²) in [5.41, 5.74) is 0.826. The summed E-state index contributed by atoms with van der Waals surface area (Å²) in [5.74, 6) is -1.94. The molecule has 4 heteroatoms. The Balaban J connectivity index is 1.73. The second-order valence-electron chi connectivity index (χ2n) is 6.00. The normalized spacial score (nSPS) is 23.1. The van der Waals surface area contributed by atoms with Crippen molar-refractivity contribution in [3.63, 3.8) is 0 Å². The molecule has 0 heterocycles. The zero-order valence-corrected chi connectivity index (χ0v) is 11.9. The van der Waals surface area contributed by atoms with Crippen molar-refractivity contribution in [2.45, 2.75) is 26.7 Å². The van der Waals surface area contributed by atoms with Crippen molar-refractivity contribution in [1.82, 2.24) is 5.32 Å². The Morgan fingerprint density at radius 1 is 1.20 bits per heavy atom. The number of carboxylic acid groups (broad SMARTS) is 1. The molecule has 0 saturated heterocycles. The Morgan fingerprint density at radius 3 is 2.40 bits per heavy atom. The highest BCUT2D eigenvalue weighted by Gasteiger charge is 2.65. The number of nitrogens with one attached hydrogen (secondary N) is 1. The Hall–Kier alpha value is -1.84. The van der Waals surface area contributed by atoms with Gasteiger partial charge in [0.2, 0.25) is 5.91 Å². The first-order valence-corrected chi connectivity index (χ1v) is 6.99. The van der Waals surface area contributed by atoms with E-state index in [1.165, 1.54) is 5.56 Å². The molecule has 0 bridgehead atoms. The van der Waals surface area contributed by atoms with Crippen LogP contribution in [-0.4, -0.2) is 23.5 Å². The van der Waals surface area contributed by atoms with Gasteiger partial charge in [0.05, 0.1) is 11.8 Å². The van der Waals surface area contributed by atoms with E-state index in [2.05, 4.69) is 17.4 Å². The number of aryl methyl sites for hydroxylation is 1. The minimum Gasteiger partial charge on any atom is -0.481 e. The highest BCUT2D eigenvalue weighted by molar-refractivity contribution is 5.91. The van der Waals surface area contributed by atoms with Crippen molar-refractivity contribution >= 4 is 11.9 Å². The van der Waals surface area contributed by atoms with Gasteiger partial charge in [-0.15, -0.1) is 0 Å². The van der Waals surface area contributed by atoms with Crippen LogP contribution in [0.2, 0.25) is 0 Å². The van der Waals surface area contributed by atoms with Crippen LogP contribution in [0, 0.1) is 17.3 Å². The van der Waals surface area contributed by atoms with Crippen molar-refractivity contribution in [1.29, 1.82) is 0 Å². The molecule has 1 aliphatic rings. The van der Waals surface area contributed by atoms with Crippen molar-refractivity contribution in [2.24, 2.45) is 17.3 Å². The molecule has 0 aromatic heterocycles. The third-order valence-electron chi connectivity index (χ3n) is 4.16. The van der Waals surface area contributed by atoms with Crippen molar-refractivity contribution in [2.75, 3.05) is 6.54 Å². The van der Waals surface area contributed by atoms with Gasteiger partial charge in [0.25, 0.3) is 0 Å². The third kappa shape index (κ3) is 3.00. The van der Waals surface area contributed by atoms with E-state index < -0.39 is 23.2 Å². The van der Waals surface area contributed by atoms with Crippen LogP contribution >= 0.6 is 0 Å². The molecule has 1 aliphatic carbocycles. The molecule has 1 amide bonds. The molecule has 20 heavy (non-hydrogen) atoms. The fourth-order valence-electron chi connectivity index (χ4n) is 2.85. The number of carbonyl (C=O) groups is 2. The number of hydrogen-bond acceptors (Lipinski definition) is 2. The molecule has 0 spiro atoms. The lowest BCUT2D eigenvalue weighted by molar-refractivity contribution is -0.140. The number of amides is 1.